The van der Waals surface area contributed by atoms with E-state index in [-0.39, 0.29) is 31.1 Å². The highest BCUT2D eigenvalue weighted by molar-refractivity contribution is 5.71. The molecule has 0 saturated heterocycles. The summed E-state index contributed by atoms with van der Waals surface area (Å²) in [6.45, 7) is 11.3. The van der Waals surface area contributed by atoms with Crippen molar-refractivity contribution in [3.63, 3.8) is 0 Å². The molecule has 0 spiro atoms. The first-order chi connectivity index (χ1) is 25.7. The van der Waals surface area contributed by atoms with Crippen molar-refractivity contribution in [1.29, 1.82) is 0 Å². The number of carbonyl (C=O) groups is 3. The summed E-state index contributed by atoms with van der Waals surface area (Å²) in [6, 6.07) is 0. The van der Waals surface area contributed by atoms with Gasteiger partial charge in [0, 0.05) is 19.3 Å². The van der Waals surface area contributed by atoms with Gasteiger partial charge >= 0.3 is 17.9 Å². The fraction of sp³-hybridized carbons (Fsp3) is 0.936. The molecule has 0 fully saturated rings. The van der Waals surface area contributed by atoms with Gasteiger partial charge in [-0.25, -0.2) is 0 Å². The molecule has 0 aromatic heterocycles. The van der Waals surface area contributed by atoms with Crippen LogP contribution in [-0.2, 0) is 28.6 Å². The maximum absolute atomic E-state index is 12.7. The zero-order valence-electron chi connectivity index (χ0n) is 36.1. The number of esters is 3. The minimum atomic E-state index is -0.761. The van der Waals surface area contributed by atoms with Crippen molar-refractivity contribution < 1.29 is 28.6 Å². The quantitative estimate of drug-likeness (QED) is 0.0352. The highest BCUT2D eigenvalue weighted by Gasteiger charge is 2.19. The molecule has 0 saturated carbocycles. The second-order valence-electron chi connectivity index (χ2n) is 17.0. The molecular weight excluding hydrogens is 661 g/mol. The molecule has 314 valence electrons. The summed E-state index contributed by atoms with van der Waals surface area (Å²) < 4.78 is 16.7. The maximum atomic E-state index is 12.7. The van der Waals surface area contributed by atoms with Gasteiger partial charge in [0.05, 0.1) is 0 Å². The van der Waals surface area contributed by atoms with E-state index in [1.165, 1.54) is 141 Å². The molecule has 0 amide bonds. The maximum Gasteiger partial charge on any atom is 0.306 e. The molecule has 53 heavy (non-hydrogen) atoms. The molecule has 1 atom stereocenters. The third-order valence-corrected chi connectivity index (χ3v) is 10.5. The van der Waals surface area contributed by atoms with Crippen LogP contribution < -0.4 is 0 Å². The smallest absolute Gasteiger partial charge is 0.306 e. The van der Waals surface area contributed by atoms with Crippen molar-refractivity contribution in [1.82, 2.24) is 0 Å². The summed E-state index contributed by atoms with van der Waals surface area (Å²) in [4.78, 5) is 37.7. The lowest BCUT2D eigenvalue weighted by Crippen LogP contribution is -2.30. The lowest BCUT2D eigenvalue weighted by atomic mass is 10.0. The van der Waals surface area contributed by atoms with Crippen molar-refractivity contribution >= 4 is 17.9 Å². The first kappa shape index (κ1) is 51.4. The molecule has 0 heterocycles. The predicted molar refractivity (Wildman–Crippen MR) is 224 cm³/mol. The standard InChI is InChI=1S/C47H90O6/c1-6-7-8-9-10-11-12-13-14-15-16-23-29-34-39-47(50)53-44(41-52-46(49)38-33-28-24-19-21-26-31-36-43(4)5)40-51-45(48)37-32-27-22-18-17-20-25-30-35-42(2)3/h42-44H,6-41H2,1-5H3/t44-/m0/s1. The molecular formula is C47H90O6. The normalized spacial score (nSPS) is 12.1. The Morgan fingerprint density at radius 2 is 0.623 bits per heavy atom. The van der Waals surface area contributed by atoms with Gasteiger partial charge in [-0.05, 0) is 31.1 Å². The summed E-state index contributed by atoms with van der Waals surface area (Å²) in [5.74, 6) is 0.718. The van der Waals surface area contributed by atoms with Gasteiger partial charge in [-0.3, -0.25) is 14.4 Å². The van der Waals surface area contributed by atoms with Crippen LogP contribution in [-0.4, -0.2) is 37.2 Å². The summed E-state index contributed by atoms with van der Waals surface area (Å²) in [5, 5.41) is 0. The minimum absolute atomic E-state index is 0.0657. The van der Waals surface area contributed by atoms with Crippen molar-refractivity contribution in [2.45, 2.75) is 259 Å². The van der Waals surface area contributed by atoms with E-state index in [1.807, 2.05) is 0 Å². The third kappa shape index (κ3) is 41.4. The fourth-order valence-electron chi connectivity index (χ4n) is 6.93. The number of rotatable bonds is 41. The Hall–Kier alpha value is -1.59. The number of ether oxygens (including phenoxy) is 3. The van der Waals surface area contributed by atoms with E-state index >= 15 is 0 Å². The molecule has 0 unspecified atom stereocenters. The largest absolute Gasteiger partial charge is 0.462 e. The monoisotopic (exact) mass is 751 g/mol. The first-order valence-corrected chi connectivity index (χ1v) is 23.2. The highest BCUT2D eigenvalue weighted by atomic mass is 16.6. The average molecular weight is 751 g/mol. The predicted octanol–water partition coefficient (Wildman–Crippen LogP) is 14.6. The Kier molecular flexibility index (Phi) is 38.9. The van der Waals surface area contributed by atoms with Gasteiger partial charge in [0.15, 0.2) is 6.10 Å². The minimum Gasteiger partial charge on any atom is -0.462 e. The molecule has 0 aliphatic rings. The zero-order valence-corrected chi connectivity index (χ0v) is 36.1. The Morgan fingerprint density at radius 3 is 0.925 bits per heavy atom. The summed E-state index contributed by atoms with van der Waals surface area (Å²) in [7, 11) is 0. The van der Waals surface area contributed by atoms with Crippen molar-refractivity contribution in [2.24, 2.45) is 11.8 Å². The second-order valence-corrected chi connectivity index (χ2v) is 17.0. The Labute approximate surface area is 329 Å². The lowest BCUT2D eigenvalue weighted by Gasteiger charge is -2.18. The molecule has 0 bridgehead atoms. The van der Waals surface area contributed by atoms with Crippen molar-refractivity contribution in [3.8, 4) is 0 Å². The second kappa shape index (κ2) is 40.1. The average Bonchev–Trinajstić information content (AvgIpc) is 3.12. The zero-order chi connectivity index (χ0) is 39.0. The van der Waals surface area contributed by atoms with Gasteiger partial charge < -0.3 is 14.2 Å². The van der Waals surface area contributed by atoms with Crippen LogP contribution in [0.3, 0.4) is 0 Å². The molecule has 6 heteroatoms. The Morgan fingerprint density at radius 1 is 0.358 bits per heavy atom. The summed E-state index contributed by atoms with van der Waals surface area (Å²) in [5.41, 5.74) is 0. The lowest BCUT2D eigenvalue weighted by molar-refractivity contribution is -0.167. The van der Waals surface area contributed by atoms with Gasteiger partial charge in [0.2, 0.25) is 0 Å². The third-order valence-electron chi connectivity index (χ3n) is 10.5. The molecule has 0 radical (unpaired) electrons. The van der Waals surface area contributed by atoms with Gasteiger partial charge in [0.25, 0.3) is 0 Å². The molecule has 0 aromatic rings. The van der Waals surface area contributed by atoms with Crippen molar-refractivity contribution in [3.05, 3.63) is 0 Å². The number of unbranched alkanes of at least 4 members (excludes halogenated alkanes) is 26. The van der Waals surface area contributed by atoms with E-state index in [0.29, 0.717) is 19.3 Å². The van der Waals surface area contributed by atoms with Gasteiger partial charge in [-0.15, -0.1) is 0 Å². The fourth-order valence-corrected chi connectivity index (χ4v) is 6.93. The Bertz CT molecular complexity index is 809. The van der Waals surface area contributed by atoms with Crippen LogP contribution in [0.4, 0.5) is 0 Å². The number of carbonyl (C=O) groups excluding carboxylic acids is 3. The van der Waals surface area contributed by atoms with E-state index < -0.39 is 6.10 Å². The molecule has 0 aromatic carbocycles. The van der Waals surface area contributed by atoms with Crippen LogP contribution in [0, 0.1) is 11.8 Å². The molecule has 0 aliphatic carbocycles. The number of hydrogen-bond donors (Lipinski definition) is 0. The summed E-state index contributed by atoms with van der Waals surface area (Å²) in [6.07, 6.45) is 38.1. The van der Waals surface area contributed by atoms with Crippen LogP contribution in [0.1, 0.15) is 253 Å². The number of hydrogen-bond acceptors (Lipinski definition) is 6. The molecule has 0 aliphatic heterocycles. The first-order valence-electron chi connectivity index (χ1n) is 23.2. The van der Waals surface area contributed by atoms with E-state index in [9.17, 15) is 14.4 Å². The van der Waals surface area contributed by atoms with Crippen LogP contribution in [0.15, 0.2) is 0 Å². The van der Waals surface area contributed by atoms with Crippen LogP contribution in [0.25, 0.3) is 0 Å². The Balaban J connectivity index is 4.33. The van der Waals surface area contributed by atoms with Crippen molar-refractivity contribution in [2.75, 3.05) is 13.2 Å². The highest BCUT2D eigenvalue weighted by Crippen LogP contribution is 2.16. The van der Waals surface area contributed by atoms with Crippen LogP contribution in [0.5, 0.6) is 0 Å². The van der Waals surface area contributed by atoms with Crippen LogP contribution in [0.2, 0.25) is 0 Å². The van der Waals surface area contributed by atoms with E-state index in [4.69, 9.17) is 14.2 Å². The SMILES string of the molecule is CCCCCCCCCCCCCCCCC(=O)O[C@@H](COC(=O)CCCCCCCCCCC(C)C)COC(=O)CCCCCCCCCC(C)C. The molecule has 6 nitrogen and oxygen atoms in total. The molecule has 0 N–H and O–H groups in total. The van der Waals surface area contributed by atoms with E-state index in [1.54, 1.807) is 0 Å². The van der Waals surface area contributed by atoms with E-state index in [0.717, 1.165) is 69.6 Å². The van der Waals surface area contributed by atoms with Crippen LogP contribution >= 0.6 is 0 Å². The van der Waals surface area contributed by atoms with Gasteiger partial charge in [-0.1, -0.05) is 214 Å². The summed E-state index contributed by atoms with van der Waals surface area (Å²) >= 11 is 0. The van der Waals surface area contributed by atoms with E-state index in [2.05, 4.69) is 34.6 Å². The van der Waals surface area contributed by atoms with Gasteiger partial charge in [0.1, 0.15) is 13.2 Å². The topological polar surface area (TPSA) is 78.9 Å². The molecule has 0 rings (SSSR count). The van der Waals surface area contributed by atoms with Gasteiger partial charge in [-0.2, -0.15) is 0 Å².